The Morgan fingerprint density at radius 2 is 1.87 bits per heavy atom. The summed E-state index contributed by atoms with van der Waals surface area (Å²) in [5.74, 6) is 0. The molecule has 1 aromatic carbocycles. The molecule has 0 bridgehead atoms. The van der Waals surface area contributed by atoms with Crippen molar-refractivity contribution in [1.29, 1.82) is 0 Å². The Labute approximate surface area is 88.3 Å². The second kappa shape index (κ2) is 3.84. The summed E-state index contributed by atoms with van der Waals surface area (Å²) >= 11 is 0. The van der Waals surface area contributed by atoms with E-state index in [0.29, 0.717) is 0 Å². The molecule has 2 aromatic rings. The molecule has 0 saturated carbocycles. The highest BCUT2D eigenvalue weighted by Gasteiger charge is 2.06. The van der Waals surface area contributed by atoms with Crippen LogP contribution in [-0.2, 0) is 0 Å². The van der Waals surface area contributed by atoms with E-state index in [4.69, 9.17) is 11.5 Å². The molecule has 4 heteroatoms. The van der Waals surface area contributed by atoms with E-state index in [1.807, 2.05) is 30.3 Å². The minimum Gasteiger partial charge on any atom is -0.311 e. The molecule has 4 nitrogen and oxygen atoms in total. The van der Waals surface area contributed by atoms with E-state index < -0.39 is 6.17 Å². The Morgan fingerprint density at radius 1 is 1.20 bits per heavy atom. The van der Waals surface area contributed by atoms with Crippen LogP contribution in [0.3, 0.4) is 0 Å². The van der Waals surface area contributed by atoms with Crippen LogP contribution in [0.4, 0.5) is 0 Å². The van der Waals surface area contributed by atoms with Gasteiger partial charge in [-0.2, -0.15) is 5.10 Å². The van der Waals surface area contributed by atoms with Crippen molar-refractivity contribution < 1.29 is 0 Å². The predicted molar refractivity (Wildman–Crippen MR) is 59.9 cm³/mol. The Morgan fingerprint density at radius 3 is 2.40 bits per heavy atom. The summed E-state index contributed by atoms with van der Waals surface area (Å²) in [5, 5.41) is 6.97. The lowest BCUT2D eigenvalue weighted by molar-refractivity contribution is 0.735. The van der Waals surface area contributed by atoms with Gasteiger partial charge in [0.1, 0.15) is 0 Å². The van der Waals surface area contributed by atoms with Crippen molar-refractivity contribution >= 4 is 0 Å². The van der Waals surface area contributed by atoms with Gasteiger partial charge in [-0.3, -0.25) is 5.10 Å². The van der Waals surface area contributed by atoms with E-state index in [1.54, 1.807) is 0 Å². The van der Waals surface area contributed by atoms with Gasteiger partial charge in [0, 0.05) is 5.56 Å². The van der Waals surface area contributed by atoms with Crippen molar-refractivity contribution in [3.05, 3.63) is 41.6 Å². The third-order valence-electron chi connectivity index (χ3n) is 2.30. The lowest BCUT2D eigenvalue weighted by Gasteiger charge is -1.98. The van der Waals surface area contributed by atoms with E-state index in [9.17, 15) is 0 Å². The van der Waals surface area contributed by atoms with Gasteiger partial charge in [0.2, 0.25) is 0 Å². The average molecular weight is 202 g/mol. The number of aromatic amines is 1. The van der Waals surface area contributed by atoms with Crippen molar-refractivity contribution in [1.82, 2.24) is 10.2 Å². The third kappa shape index (κ3) is 2.06. The topological polar surface area (TPSA) is 80.7 Å². The van der Waals surface area contributed by atoms with Gasteiger partial charge in [-0.05, 0) is 13.0 Å². The molecule has 0 aliphatic rings. The van der Waals surface area contributed by atoms with Crippen LogP contribution in [0.15, 0.2) is 30.3 Å². The Hall–Kier alpha value is -1.65. The normalized spacial score (nSPS) is 10.9. The fraction of sp³-hybridized carbons (Fsp3) is 0.182. The maximum absolute atomic E-state index is 5.54. The first-order chi connectivity index (χ1) is 7.16. The molecule has 0 spiro atoms. The number of aryl methyl sites for hydroxylation is 1. The standard InChI is InChI=1S/C11H14N4/c1-7-2-4-8(5-3-7)9-6-10(11(12)13)15-14-9/h2-6,11H,12-13H2,1H3,(H,14,15). The van der Waals surface area contributed by atoms with Crippen LogP contribution in [0, 0.1) is 6.92 Å². The third-order valence-corrected chi connectivity index (χ3v) is 2.30. The van der Waals surface area contributed by atoms with Gasteiger partial charge in [-0.15, -0.1) is 0 Å². The summed E-state index contributed by atoms with van der Waals surface area (Å²) in [6, 6.07) is 10.0. The molecule has 0 atom stereocenters. The maximum Gasteiger partial charge on any atom is 0.0954 e. The van der Waals surface area contributed by atoms with Gasteiger partial charge in [0.15, 0.2) is 0 Å². The quantitative estimate of drug-likeness (QED) is 0.642. The van der Waals surface area contributed by atoms with Crippen molar-refractivity contribution in [2.75, 3.05) is 0 Å². The Bertz CT molecular complexity index is 442. The molecular weight excluding hydrogens is 188 g/mol. The molecule has 0 radical (unpaired) electrons. The van der Waals surface area contributed by atoms with Gasteiger partial charge < -0.3 is 11.5 Å². The molecular formula is C11H14N4. The Kier molecular flexibility index (Phi) is 2.53. The number of H-pyrrole nitrogens is 1. The van der Waals surface area contributed by atoms with E-state index in [-0.39, 0.29) is 0 Å². The molecule has 0 amide bonds. The van der Waals surface area contributed by atoms with Gasteiger partial charge >= 0.3 is 0 Å². The number of hydrogen-bond acceptors (Lipinski definition) is 3. The first-order valence-corrected chi connectivity index (χ1v) is 4.80. The molecule has 5 N–H and O–H groups in total. The molecule has 1 heterocycles. The fourth-order valence-electron chi connectivity index (χ4n) is 1.38. The average Bonchev–Trinajstić information content (AvgIpc) is 2.68. The highest BCUT2D eigenvalue weighted by molar-refractivity contribution is 5.59. The minimum absolute atomic E-state index is 0.503. The Balaban J connectivity index is 2.33. The molecule has 0 saturated heterocycles. The molecule has 2 rings (SSSR count). The second-order valence-corrected chi connectivity index (χ2v) is 3.60. The van der Waals surface area contributed by atoms with Gasteiger partial charge in [-0.1, -0.05) is 29.8 Å². The van der Waals surface area contributed by atoms with E-state index >= 15 is 0 Å². The SMILES string of the molecule is Cc1ccc(-c2cc(C(N)N)[nH]n2)cc1. The highest BCUT2D eigenvalue weighted by Crippen LogP contribution is 2.18. The molecule has 0 aliphatic heterocycles. The number of hydrogen-bond donors (Lipinski definition) is 3. The number of benzene rings is 1. The summed E-state index contributed by atoms with van der Waals surface area (Å²) in [6.07, 6.45) is -0.503. The van der Waals surface area contributed by atoms with Crippen LogP contribution in [-0.4, -0.2) is 10.2 Å². The van der Waals surface area contributed by atoms with Gasteiger partial charge in [-0.25, -0.2) is 0 Å². The van der Waals surface area contributed by atoms with Gasteiger partial charge in [0.25, 0.3) is 0 Å². The molecule has 1 aromatic heterocycles. The fourth-order valence-corrected chi connectivity index (χ4v) is 1.38. The van der Waals surface area contributed by atoms with Crippen LogP contribution in [0.1, 0.15) is 17.4 Å². The smallest absolute Gasteiger partial charge is 0.0954 e. The van der Waals surface area contributed by atoms with Crippen LogP contribution >= 0.6 is 0 Å². The van der Waals surface area contributed by atoms with Crippen LogP contribution in [0.25, 0.3) is 11.3 Å². The zero-order valence-corrected chi connectivity index (χ0v) is 8.57. The lowest BCUT2D eigenvalue weighted by atomic mass is 10.1. The molecule has 0 fully saturated rings. The number of nitrogens with two attached hydrogens (primary N) is 2. The van der Waals surface area contributed by atoms with Crippen molar-refractivity contribution in [3.8, 4) is 11.3 Å². The van der Waals surface area contributed by atoms with E-state index in [1.165, 1.54) is 5.56 Å². The summed E-state index contributed by atoms with van der Waals surface area (Å²) in [5.41, 5.74) is 15.0. The van der Waals surface area contributed by atoms with E-state index in [0.717, 1.165) is 17.0 Å². The van der Waals surface area contributed by atoms with E-state index in [2.05, 4.69) is 17.1 Å². The predicted octanol–water partition coefficient (Wildman–Crippen LogP) is 1.30. The number of rotatable bonds is 2. The minimum atomic E-state index is -0.503. The number of aromatic nitrogens is 2. The van der Waals surface area contributed by atoms with Crippen LogP contribution in [0.5, 0.6) is 0 Å². The lowest BCUT2D eigenvalue weighted by Crippen LogP contribution is -2.20. The molecule has 0 aliphatic carbocycles. The first kappa shape index (κ1) is 9.89. The van der Waals surface area contributed by atoms with Crippen molar-refractivity contribution in [2.45, 2.75) is 13.1 Å². The van der Waals surface area contributed by atoms with Crippen LogP contribution < -0.4 is 11.5 Å². The van der Waals surface area contributed by atoms with Crippen molar-refractivity contribution in [3.63, 3.8) is 0 Å². The first-order valence-electron chi connectivity index (χ1n) is 4.80. The zero-order chi connectivity index (χ0) is 10.8. The van der Waals surface area contributed by atoms with Crippen LogP contribution in [0.2, 0.25) is 0 Å². The molecule has 15 heavy (non-hydrogen) atoms. The highest BCUT2D eigenvalue weighted by atomic mass is 15.1. The second-order valence-electron chi connectivity index (χ2n) is 3.60. The summed E-state index contributed by atoms with van der Waals surface area (Å²) in [4.78, 5) is 0. The summed E-state index contributed by atoms with van der Waals surface area (Å²) in [7, 11) is 0. The number of nitrogens with one attached hydrogen (secondary N) is 1. The summed E-state index contributed by atoms with van der Waals surface area (Å²) in [6.45, 7) is 2.05. The summed E-state index contributed by atoms with van der Waals surface area (Å²) < 4.78 is 0. The largest absolute Gasteiger partial charge is 0.311 e. The number of nitrogens with zero attached hydrogens (tertiary/aromatic N) is 1. The van der Waals surface area contributed by atoms with Gasteiger partial charge in [0.05, 0.1) is 17.6 Å². The maximum atomic E-state index is 5.54. The van der Waals surface area contributed by atoms with Crippen molar-refractivity contribution in [2.24, 2.45) is 11.5 Å². The monoisotopic (exact) mass is 202 g/mol. The zero-order valence-electron chi connectivity index (χ0n) is 8.57. The molecule has 78 valence electrons. The molecule has 0 unspecified atom stereocenters.